The van der Waals surface area contributed by atoms with Crippen LogP contribution in [0.5, 0.6) is 0 Å². The lowest BCUT2D eigenvalue weighted by molar-refractivity contribution is -0.0410. The second-order valence-electron chi connectivity index (χ2n) is 7.18. The van der Waals surface area contributed by atoms with Crippen LogP contribution < -0.4 is 0 Å². The highest BCUT2D eigenvalue weighted by molar-refractivity contribution is 8.03. The van der Waals surface area contributed by atoms with E-state index in [1.165, 1.54) is 30.8 Å². The van der Waals surface area contributed by atoms with E-state index in [1.807, 2.05) is 19.1 Å². The van der Waals surface area contributed by atoms with Gasteiger partial charge < -0.3 is 0 Å². The van der Waals surface area contributed by atoms with Gasteiger partial charge in [-0.2, -0.15) is 8.78 Å². The van der Waals surface area contributed by atoms with Gasteiger partial charge in [-0.1, -0.05) is 67.5 Å². The van der Waals surface area contributed by atoms with Crippen LogP contribution in [-0.4, -0.2) is 17.5 Å². The predicted molar refractivity (Wildman–Crippen MR) is 111 cm³/mol. The molecule has 2 atom stereocenters. The van der Waals surface area contributed by atoms with Crippen molar-refractivity contribution in [2.75, 3.05) is 5.75 Å². The van der Waals surface area contributed by atoms with Crippen molar-refractivity contribution in [1.29, 1.82) is 0 Å². The molecule has 0 saturated heterocycles. The number of unbranched alkanes of at least 4 members (excludes halogenated alkanes) is 1. The average Bonchev–Trinajstić information content (AvgIpc) is 2.67. The fourth-order valence-corrected chi connectivity index (χ4v) is 4.89. The van der Waals surface area contributed by atoms with E-state index in [0.717, 1.165) is 24.2 Å². The fourth-order valence-electron chi connectivity index (χ4n) is 3.38. The summed E-state index contributed by atoms with van der Waals surface area (Å²) in [6.45, 7) is 9.26. The SMILES string of the molecule is C=CC[C@H]1C=C[C@](C)(C(F)(F)C(=O)c2ccccc2)C(SCCCC)=C1C. The Balaban J connectivity index is 2.47. The Morgan fingerprint density at radius 2 is 2.00 bits per heavy atom. The summed E-state index contributed by atoms with van der Waals surface area (Å²) in [4.78, 5) is 13.4. The van der Waals surface area contributed by atoms with Gasteiger partial charge in [-0.05, 0) is 32.4 Å². The molecule has 0 fully saturated rings. The van der Waals surface area contributed by atoms with Crippen molar-refractivity contribution in [3.8, 4) is 0 Å². The molecule has 1 aliphatic carbocycles. The number of halogens is 2. The number of benzene rings is 1. The van der Waals surface area contributed by atoms with Crippen LogP contribution in [0.25, 0.3) is 0 Å². The van der Waals surface area contributed by atoms with E-state index < -0.39 is 17.1 Å². The molecule has 27 heavy (non-hydrogen) atoms. The molecule has 2 rings (SSSR count). The van der Waals surface area contributed by atoms with Crippen molar-refractivity contribution >= 4 is 17.5 Å². The van der Waals surface area contributed by atoms with Crippen LogP contribution in [0.1, 0.15) is 50.4 Å². The first-order valence-corrected chi connectivity index (χ1v) is 10.4. The van der Waals surface area contributed by atoms with Gasteiger partial charge in [0.2, 0.25) is 5.78 Å². The Kier molecular flexibility index (Phi) is 7.21. The molecule has 0 N–H and O–H groups in total. The van der Waals surface area contributed by atoms with Gasteiger partial charge in [-0.15, -0.1) is 18.3 Å². The predicted octanol–water partition coefficient (Wildman–Crippen LogP) is 7.08. The quantitative estimate of drug-likeness (QED) is 0.254. The van der Waals surface area contributed by atoms with Crippen molar-refractivity contribution < 1.29 is 13.6 Å². The highest BCUT2D eigenvalue weighted by atomic mass is 32.2. The minimum atomic E-state index is -3.53. The number of allylic oxidation sites excluding steroid dienone is 5. The van der Waals surface area contributed by atoms with Gasteiger partial charge in [0.05, 0.1) is 5.41 Å². The number of hydrogen-bond donors (Lipinski definition) is 0. The van der Waals surface area contributed by atoms with Crippen molar-refractivity contribution in [2.45, 2.75) is 46.0 Å². The number of ketones is 1. The first kappa shape index (κ1) is 21.6. The molecule has 146 valence electrons. The number of alkyl halides is 2. The maximum absolute atomic E-state index is 15.5. The zero-order valence-electron chi connectivity index (χ0n) is 16.3. The summed E-state index contributed by atoms with van der Waals surface area (Å²) in [6, 6.07) is 7.84. The molecular formula is C23H28F2OS. The van der Waals surface area contributed by atoms with Crippen LogP contribution in [0.2, 0.25) is 0 Å². The maximum Gasteiger partial charge on any atom is 0.322 e. The summed E-state index contributed by atoms with van der Waals surface area (Å²) >= 11 is 1.47. The molecule has 1 aromatic rings. The lowest BCUT2D eigenvalue weighted by atomic mass is 9.72. The van der Waals surface area contributed by atoms with E-state index in [0.29, 0.717) is 11.3 Å². The van der Waals surface area contributed by atoms with E-state index in [-0.39, 0.29) is 11.5 Å². The Morgan fingerprint density at radius 1 is 1.33 bits per heavy atom. The highest BCUT2D eigenvalue weighted by Gasteiger charge is 2.58. The third-order valence-corrected chi connectivity index (χ3v) is 6.71. The van der Waals surface area contributed by atoms with Crippen molar-refractivity contribution in [3.63, 3.8) is 0 Å². The normalized spacial score (nSPS) is 22.8. The maximum atomic E-state index is 15.5. The second-order valence-corrected chi connectivity index (χ2v) is 8.28. The van der Waals surface area contributed by atoms with Crippen LogP contribution in [0.3, 0.4) is 0 Å². The smallest absolute Gasteiger partial charge is 0.287 e. The second kappa shape index (κ2) is 9.01. The molecule has 0 radical (unpaired) electrons. The number of Topliss-reactive ketones (excluding diaryl/α,β-unsaturated/α-hetero) is 1. The van der Waals surface area contributed by atoms with E-state index in [1.54, 1.807) is 24.3 Å². The Labute approximate surface area is 165 Å². The molecule has 0 aliphatic heterocycles. The summed E-state index contributed by atoms with van der Waals surface area (Å²) < 4.78 is 31.1. The molecule has 0 saturated carbocycles. The minimum Gasteiger partial charge on any atom is -0.287 e. The molecule has 1 aliphatic rings. The standard InChI is InChI=1S/C23H28F2OS/c1-5-7-16-27-21-17(3)18(11-6-2)14-15-22(21,4)23(24,25)20(26)19-12-9-8-10-13-19/h6,8-10,12-15,18H,2,5,7,11,16H2,1,3-4H3/t18-,22-/m0/s1. The van der Waals surface area contributed by atoms with Crippen LogP contribution in [0.4, 0.5) is 8.78 Å². The molecule has 4 heteroatoms. The molecule has 0 aromatic heterocycles. The molecule has 0 heterocycles. The number of rotatable bonds is 9. The van der Waals surface area contributed by atoms with E-state index in [9.17, 15) is 4.79 Å². The van der Waals surface area contributed by atoms with Gasteiger partial charge >= 0.3 is 5.92 Å². The van der Waals surface area contributed by atoms with Crippen LogP contribution >= 0.6 is 11.8 Å². The van der Waals surface area contributed by atoms with Gasteiger partial charge in [0, 0.05) is 16.4 Å². The zero-order chi connectivity index (χ0) is 20.1. The van der Waals surface area contributed by atoms with Gasteiger partial charge in [-0.3, -0.25) is 4.79 Å². The lowest BCUT2D eigenvalue weighted by Gasteiger charge is -2.40. The first-order chi connectivity index (χ1) is 12.8. The monoisotopic (exact) mass is 390 g/mol. The molecule has 0 spiro atoms. The molecule has 1 aromatic carbocycles. The zero-order valence-corrected chi connectivity index (χ0v) is 17.1. The van der Waals surface area contributed by atoms with Crippen LogP contribution in [-0.2, 0) is 0 Å². The number of hydrogen-bond acceptors (Lipinski definition) is 2. The van der Waals surface area contributed by atoms with Crippen molar-refractivity contribution in [1.82, 2.24) is 0 Å². The van der Waals surface area contributed by atoms with Crippen LogP contribution in [0.15, 0.2) is 65.6 Å². The number of carbonyl (C=O) groups excluding carboxylic acids is 1. The number of thioether (sulfide) groups is 1. The van der Waals surface area contributed by atoms with Crippen LogP contribution in [0, 0.1) is 11.3 Å². The number of carbonyl (C=O) groups is 1. The van der Waals surface area contributed by atoms with E-state index in [4.69, 9.17) is 0 Å². The average molecular weight is 391 g/mol. The van der Waals surface area contributed by atoms with E-state index >= 15 is 8.78 Å². The summed E-state index contributed by atoms with van der Waals surface area (Å²) in [5, 5.41) is 0. The third kappa shape index (κ3) is 4.26. The van der Waals surface area contributed by atoms with Gasteiger partial charge in [0.25, 0.3) is 0 Å². The minimum absolute atomic E-state index is 0.0425. The van der Waals surface area contributed by atoms with Gasteiger partial charge in [-0.25, -0.2) is 0 Å². The largest absolute Gasteiger partial charge is 0.322 e. The molecular weight excluding hydrogens is 362 g/mol. The van der Waals surface area contributed by atoms with Crippen molar-refractivity contribution in [3.05, 3.63) is 71.2 Å². The molecule has 0 unspecified atom stereocenters. The lowest BCUT2D eigenvalue weighted by Crippen LogP contribution is -2.46. The van der Waals surface area contributed by atoms with Gasteiger partial charge in [0.15, 0.2) is 0 Å². The fraction of sp³-hybridized carbons (Fsp3) is 0.435. The molecule has 1 nitrogen and oxygen atoms in total. The first-order valence-electron chi connectivity index (χ1n) is 9.41. The summed E-state index contributed by atoms with van der Waals surface area (Å²) in [5.41, 5.74) is -0.678. The highest BCUT2D eigenvalue weighted by Crippen LogP contribution is 2.54. The Bertz CT molecular complexity index is 736. The van der Waals surface area contributed by atoms with E-state index in [2.05, 4.69) is 13.5 Å². The Morgan fingerprint density at radius 3 is 2.59 bits per heavy atom. The topological polar surface area (TPSA) is 17.1 Å². The summed E-state index contributed by atoms with van der Waals surface area (Å²) in [5.74, 6) is -3.83. The molecule has 0 amide bonds. The Hall–Kier alpha value is -1.68. The summed E-state index contributed by atoms with van der Waals surface area (Å²) in [7, 11) is 0. The summed E-state index contributed by atoms with van der Waals surface area (Å²) in [6.07, 6.45) is 7.82. The third-order valence-electron chi connectivity index (χ3n) is 5.19. The van der Waals surface area contributed by atoms with Gasteiger partial charge in [0.1, 0.15) is 0 Å². The van der Waals surface area contributed by atoms with Crippen molar-refractivity contribution in [2.24, 2.45) is 11.3 Å². The molecule has 0 bridgehead atoms.